The smallest absolute Gasteiger partial charge is 0.319 e. The minimum Gasteiger partial charge on any atom is -0.347 e. The van der Waals surface area contributed by atoms with E-state index in [-0.39, 0.29) is 18.8 Å². The summed E-state index contributed by atoms with van der Waals surface area (Å²) in [6.07, 6.45) is 2.23. The Bertz CT molecular complexity index is 748. The van der Waals surface area contributed by atoms with Gasteiger partial charge in [0.15, 0.2) is 0 Å². The first-order valence-electron chi connectivity index (χ1n) is 6.72. The van der Waals surface area contributed by atoms with Crippen molar-refractivity contribution in [2.45, 2.75) is 13.0 Å². The summed E-state index contributed by atoms with van der Waals surface area (Å²) in [6, 6.07) is 2.38. The molecule has 0 fully saturated rings. The minimum atomic E-state index is -2.77. The maximum atomic E-state index is 13.4. The number of hydrogen-bond acceptors (Lipinski definition) is 3. The number of nitrogens with one attached hydrogen (secondary N) is 2. The van der Waals surface area contributed by atoms with Gasteiger partial charge in [-0.25, -0.2) is 13.8 Å². The molecule has 0 aliphatic heterocycles. The van der Waals surface area contributed by atoms with Crippen molar-refractivity contribution in [3.8, 4) is 0 Å². The number of alkyl halides is 2. The quantitative estimate of drug-likeness (QED) is 0.642. The van der Waals surface area contributed by atoms with Gasteiger partial charge >= 0.3 is 18.4 Å². The number of amides is 2. The van der Waals surface area contributed by atoms with E-state index in [0.717, 1.165) is 24.4 Å². The first-order chi connectivity index (χ1) is 11.4. The van der Waals surface area contributed by atoms with Gasteiger partial charge in [-0.1, -0.05) is 0 Å². The van der Waals surface area contributed by atoms with E-state index in [2.05, 4.69) is 10.3 Å². The molecule has 2 N–H and O–H groups in total. The predicted molar refractivity (Wildman–Crippen MR) is 75.2 cm³/mol. The fourth-order valence-electron chi connectivity index (χ4n) is 1.86. The molecule has 0 spiro atoms. The normalized spacial score (nSPS) is 10.7. The monoisotopic (exact) mass is 344 g/mol. The molecule has 0 aliphatic carbocycles. The average Bonchev–Trinajstić information content (AvgIpc) is 2.99. The van der Waals surface area contributed by atoms with E-state index in [9.17, 15) is 27.2 Å². The van der Waals surface area contributed by atoms with Gasteiger partial charge in [-0.2, -0.15) is 8.78 Å². The lowest BCUT2D eigenvalue weighted by molar-refractivity contribution is -0.136. The molecule has 0 saturated carbocycles. The van der Waals surface area contributed by atoms with Gasteiger partial charge in [-0.3, -0.25) is 14.2 Å². The molecule has 1 aromatic heterocycles. The summed E-state index contributed by atoms with van der Waals surface area (Å²) in [6.45, 7) is -2.90. The van der Waals surface area contributed by atoms with Crippen LogP contribution in [0.25, 0.3) is 0 Å². The third-order valence-electron chi connectivity index (χ3n) is 2.98. The van der Waals surface area contributed by atoms with Crippen molar-refractivity contribution in [1.82, 2.24) is 14.9 Å². The van der Waals surface area contributed by atoms with Gasteiger partial charge in [0.05, 0.1) is 5.69 Å². The number of rotatable bonds is 5. The Morgan fingerprint density at radius 2 is 1.96 bits per heavy atom. The van der Waals surface area contributed by atoms with Crippen molar-refractivity contribution < 1.29 is 27.2 Å². The Morgan fingerprint density at radius 1 is 1.21 bits per heavy atom. The third-order valence-corrected chi connectivity index (χ3v) is 2.98. The van der Waals surface area contributed by atoms with Crippen molar-refractivity contribution in [1.29, 1.82) is 0 Å². The summed E-state index contributed by atoms with van der Waals surface area (Å²) in [5.41, 5.74) is -0.483. The van der Waals surface area contributed by atoms with Crippen molar-refractivity contribution in [3.63, 3.8) is 0 Å². The molecular formula is C14H12F4N4O2. The molecule has 2 aromatic rings. The molecular weight excluding hydrogens is 332 g/mol. The highest BCUT2D eigenvalue weighted by molar-refractivity contribution is 6.39. The zero-order valence-corrected chi connectivity index (χ0v) is 12.1. The van der Waals surface area contributed by atoms with Crippen LogP contribution in [0, 0.1) is 11.6 Å². The summed E-state index contributed by atoms with van der Waals surface area (Å²) in [5.74, 6) is -3.99. The number of nitrogens with zero attached hydrogens (tertiary/aromatic N) is 2. The van der Waals surface area contributed by atoms with Crippen LogP contribution in [-0.4, -0.2) is 27.9 Å². The highest BCUT2D eigenvalue weighted by Crippen LogP contribution is 2.15. The number of anilines is 1. The summed E-state index contributed by atoms with van der Waals surface area (Å²) in [4.78, 5) is 26.9. The van der Waals surface area contributed by atoms with Crippen LogP contribution in [0.5, 0.6) is 0 Å². The van der Waals surface area contributed by atoms with Gasteiger partial charge in [-0.15, -0.1) is 0 Å². The van der Waals surface area contributed by atoms with Gasteiger partial charge < -0.3 is 10.6 Å². The number of hydrogen-bond donors (Lipinski definition) is 2. The number of carbonyl (C=O) groups is 2. The van der Waals surface area contributed by atoms with Crippen LogP contribution < -0.4 is 10.6 Å². The first-order valence-corrected chi connectivity index (χ1v) is 6.72. The maximum absolute atomic E-state index is 13.4. The summed E-state index contributed by atoms with van der Waals surface area (Å²) in [5, 5.41) is 4.09. The zero-order chi connectivity index (χ0) is 17.7. The van der Waals surface area contributed by atoms with Crippen LogP contribution in [0.2, 0.25) is 0 Å². The second kappa shape index (κ2) is 7.57. The van der Waals surface area contributed by atoms with Gasteiger partial charge in [0.1, 0.15) is 17.5 Å². The number of halogens is 4. The molecule has 0 unspecified atom stereocenters. The van der Waals surface area contributed by atoms with Crippen LogP contribution >= 0.6 is 0 Å². The van der Waals surface area contributed by atoms with Crippen molar-refractivity contribution in [2.75, 3.05) is 11.9 Å². The highest BCUT2D eigenvalue weighted by Gasteiger charge is 2.17. The van der Waals surface area contributed by atoms with Gasteiger partial charge in [0, 0.05) is 31.4 Å². The summed E-state index contributed by atoms with van der Waals surface area (Å²) >= 11 is 0. The van der Waals surface area contributed by atoms with E-state index in [1.165, 1.54) is 6.20 Å². The molecule has 0 bridgehead atoms. The summed E-state index contributed by atoms with van der Waals surface area (Å²) < 4.78 is 52.1. The van der Waals surface area contributed by atoms with E-state index in [4.69, 9.17) is 0 Å². The fourth-order valence-corrected chi connectivity index (χ4v) is 1.86. The van der Waals surface area contributed by atoms with E-state index in [0.29, 0.717) is 4.57 Å². The standard InChI is InChI=1S/C14H12F4N4O2/c15-8-1-2-9(16)10(7-8)21-13(24)12(23)20-4-3-11-19-5-6-22(11)14(17)18/h1-2,5-7,14H,3-4H2,(H,20,23)(H,21,24). The lowest BCUT2D eigenvalue weighted by Crippen LogP contribution is -2.37. The summed E-state index contributed by atoms with van der Waals surface area (Å²) in [7, 11) is 0. The lowest BCUT2D eigenvalue weighted by Gasteiger charge is -2.08. The van der Waals surface area contributed by atoms with Gasteiger partial charge in [-0.05, 0) is 12.1 Å². The minimum absolute atomic E-state index is 0.0295. The zero-order valence-electron chi connectivity index (χ0n) is 12.1. The molecule has 1 aromatic carbocycles. The molecule has 128 valence electrons. The Morgan fingerprint density at radius 3 is 2.67 bits per heavy atom. The largest absolute Gasteiger partial charge is 0.347 e. The van der Waals surface area contributed by atoms with E-state index in [1.54, 1.807) is 0 Å². The lowest BCUT2D eigenvalue weighted by atomic mass is 10.3. The van der Waals surface area contributed by atoms with Crippen molar-refractivity contribution in [2.24, 2.45) is 0 Å². The Labute approximate surface area is 133 Å². The molecule has 2 amide bonds. The SMILES string of the molecule is O=C(NCCc1nccn1C(F)F)C(=O)Nc1cc(F)ccc1F. The van der Waals surface area contributed by atoms with Crippen molar-refractivity contribution >= 4 is 17.5 Å². The second-order valence-corrected chi connectivity index (χ2v) is 4.61. The molecule has 1 heterocycles. The van der Waals surface area contributed by atoms with Crippen LogP contribution in [0.4, 0.5) is 23.2 Å². The highest BCUT2D eigenvalue weighted by atomic mass is 19.3. The predicted octanol–water partition coefficient (Wildman–Crippen LogP) is 1.85. The Balaban J connectivity index is 1.87. The van der Waals surface area contributed by atoms with Crippen LogP contribution in [0.3, 0.4) is 0 Å². The molecule has 0 saturated heterocycles. The average molecular weight is 344 g/mol. The van der Waals surface area contributed by atoms with Gasteiger partial charge in [0.2, 0.25) is 0 Å². The van der Waals surface area contributed by atoms with Crippen LogP contribution in [0.1, 0.15) is 12.4 Å². The van der Waals surface area contributed by atoms with E-state index in [1.807, 2.05) is 5.32 Å². The molecule has 6 nitrogen and oxygen atoms in total. The van der Waals surface area contributed by atoms with Crippen LogP contribution in [0.15, 0.2) is 30.6 Å². The topological polar surface area (TPSA) is 76.0 Å². The first kappa shape index (κ1) is 17.4. The number of aromatic nitrogens is 2. The molecule has 2 rings (SSSR count). The maximum Gasteiger partial charge on any atom is 0.319 e. The van der Waals surface area contributed by atoms with Crippen LogP contribution in [-0.2, 0) is 16.0 Å². The van der Waals surface area contributed by atoms with E-state index < -0.39 is 35.7 Å². The van der Waals surface area contributed by atoms with Crippen molar-refractivity contribution in [3.05, 3.63) is 48.1 Å². The molecule has 24 heavy (non-hydrogen) atoms. The van der Waals surface area contributed by atoms with E-state index >= 15 is 0 Å². The molecule has 0 aliphatic rings. The Kier molecular flexibility index (Phi) is 5.51. The third kappa shape index (κ3) is 4.31. The molecule has 10 heteroatoms. The fraction of sp³-hybridized carbons (Fsp3) is 0.214. The Hall–Kier alpha value is -2.91. The molecule has 0 radical (unpaired) electrons. The number of carbonyl (C=O) groups excluding carboxylic acids is 2. The molecule has 0 atom stereocenters. The number of benzene rings is 1. The van der Waals surface area contributed by atoms with Gasteiger partial charge in [0.25, 0.3) is 0 Å². The second-order valence-electron chi connectivity index (χ2n) is 4.61. The number of imidazole rings is 1.